The number of halogens is 3. The molecule has 0 aliphatic heterocycles. The van der Waals surface area contributed by atoms with Gasteiger partial charge in [-0.25, -0.2) is 9.78 Å². The highest BCUT2D eigenvalue weighted by Crippen LogP contribution is 2.31. The smallest absolute Gasteiger partial charge is 0.345 e. The highest BCUT2D eigenvalue weighted by molar-refractivity contribution is 9.11. The van der Waals surface area contributed by atoms with Crippen molar-refractivity contribution >= 4 is 81.4 Å². The second-order valence-corrected chi connectivity index (χ2v) is 9.26. The summed E-state index contributed by atoms with van der Waals surface area (Å²) in [4.78, 5) is 16.9. The summed E-state index contributed by atoms with van der Waals surface area (Å²) in [5.41, 5.74) is 4.85. The fraction of sp³-hybridized carbons (Fsp3) is 0. The number of anilines is 1. The molecule has 140 valence electrons. The molecule has 2 aromatic carbocycles. The highest BCUT2D eigenvalue weighted by Gasteiger charge is 2.13. The summed E-state index contributed by atoms with van der Waals surface area (Å²) in [6.45, 7) is 0. The number of thiazole rings is 1. The summed E-state index contributed by atoms with van der Waals surface area (Å²) >= 11 is 11.6. The molecular weight excluding hydrogens is 574 g/mol. The normalized spacial score (nSPS) is 11.4. The number of benzene rings is 2. The molecule has 0 aliphatic rings. The third-order valence-electron chi connectivity index (χ3n) is 3.78. The topological polar surface area (TPSA) is 67.5 Å². The largest absolute Gasteiger partial charge is 0.421 e. The summed E-state index contributed by atoms with van der Waals surface area (Å²) in [5, 5.41) is 7.36. The standard InChI is InChI=1S/C19H10Br3N3O2S/c20-12-3-1-10(2-4-12)8-23-25-19-24-16(9-28-19)14-6-11-5-13(21)7-15(22)17(11)27-18(14)26/h1-9H,(H,24,25)/b23-8+. The molecule has 9 heteroatoms. The van der Waals surface area contributed by atoms with E-state index < -0.39 is 5.63 Å². The van der Waals surface area contributed by atoms with Crippen LogP contribution in [-0.2, 0) is 0 Å². The molecule has 1 N–H and O–H groups in total. The second-order valence-electron chi connectivity index (χ2n) is 5.71. The number of rotatable bonds is 4. The minimum absolute atomic E-state index is 0.402. The van der Waals surface area contributed by atoms with E-state index in [1.165, 1.54) is 11.3 Å². The van der Waals surface area contributed by atoms with Gasteiger partial charge in [-0.2, -0.15) is 5.10 Å². The van der Waals surface area contributed by atoms with Crippen LogP contribution in [-0.4, -0.2) is 11.2 Å². The van der Waals surface area contributed by atoms with Gasteiger partial charge in [0.15, 0.2) is 5.58 Å². The first-order chi connectivity index (χ1) is 13.5. The minimum atomic E-state index is -0.439. The molecule has 0 saturated carbocycles. The van der Waals surface area contributed by atoms with Gasteiger partial charge >= 0.3 is 5.63 Å². The first kappa shape index (κ1) is 19.5. The lowest BCUT2D eigenvalue weighted by Gasteiger charge is -2.03. The average Bonchev–Trinajstić information content (AvgIpc) is 3.12. The van der Waals surface area contributed by atoms with Crippen molar-refractivity contribution < 1.29 is 4.42 Å². The SMILES string of the molecule is O=c1oc2c(Br)cc(Br)cc2cc1-c1csc(N/N=C/c2ccc(Br)cc2)n1. The maximum Gasteiger partial charge on any atom is 0.345 e. The Morgan fingerprint density at radius 2 is 1.86 bits per heavy atom. The summed E-state index contributed by atoms with van der Waals surface area (Å²) in [6.07, 6.45) is 1.70. The molecule has 0 aliphatic carbocycles. The molecule has 4 aromatic rings. The van der Waals surface area contributed by atoms with Gasteiger partial charge in [-0.3, -0.25) is 5.43 Å². The van der Waals surface area contributed by atoms with Crippen LogP contribution in [0.25, 0.3) is 22.2 Å². The van der Waals surface area contributed by atoms with E-state index >= 15 is 0 Å². The van der Waals surface area contributed by atoms with Crippen LogP contribution in [0.2, 0.25) is 0 Å². The van der Waals surface area contributed by atoms with E-state index in [1.54, 1.807) is 17.7 Å². The summed E-state index contributed by atoms with van der Waals surface area (Å²) in [7, 11) is 0. The Hall–Kier alpha value is -1.81. The molecular formula is C19H10Br3N3O2S. The van der Waals surface area contributed by atoms with E-state index in [0.29, 0.717) is 26.4 Å². The third kappa shape index (κ3) is 4.27. The van der Waals surface area contributed by atoms with Crippen LogP contribution in [0.5, 0.6) is 0 Å². The quantitative estimate of drug-likeness (QED) is 0.166. The number of hydrogen-bond donors (Lipinski definition) is 1. The summed E-state index contributed by atoms with van der Waals surface area (Å²) in [5.74, 6) is 0. The van der Waals surface area contributed by atoms with Crippen molar-refractivity contribution in [2.45, 2.75) is 0 Å². The lowest BCUT2D eigenvalue weighted by atomic mass is 10.1. The van der Waals surface area contributed by atoms with Crippen LogP contribution < -0.4 is 11.1 Å². The van der Waals surface area contributed by atoms with Crippen LogP contribution in [0, 0.1) is 0 Å². The number of hydrazone groups is 1. The lowest BCUT2D eigenvalue weighted by molar-refractivity contribution is 0.561. The zero-order valence-corrected chi connectivity index (χ0v) is 19.5. The molecule has 0 saturated heterocycles. The molecule has 4 rings (SSSR count). The van der Waals surface area contributed by atoms with Gasteiger partial charge in [-0.05, 0) is 51.8 Å². The van der Waals surface area contributed by atoms with Crippen molar-refractivity contribution in [1.29, 1.82) is 0 Å². The molecule has 0 bridgehead atoms. The van der Waals surface area contributed by atoms with E-state index in [0.717, 1.165) is 19.9 Å². The van der Waals surface area contributed by atoms with Gasteiger partial charge in [-0.1, -0.05) is 44.0 Å². The molecule has 28 heavy (non-hydrogen) atoms. The van der Waals surface area contributed by atoms with Crippen molar-refractivity contribution in [3.05, 3.63) is 77.2 Å². The Morgan fingerprint density at radius 1 is 1.07 bits per heavy atom. The van der Waals surface area contributed by atoms with Gasteiger partial charge < -0.3 is 4.42 Å². The zero-order chi connectivity index (χ0) is 19.7. The Kier molecular flexibility index (Phi) is 5.77. The number of nitrogens with zero attached hydrogens (tertiary/aromatic N) is 2. The first-order valence-corrected chi connectivity index (χ1v) is 11.2. The van der Waals surface area contributed by atoms with E-state index in [-0.39, 0.29) is 0 Å². The van der Waals surface area contributed by atoms with Crippen LogP contribution in [0.1, 0.15) is 5.56 Å². The predicted octanol–water partition coefficient (Wildman–Crippen LogP) is 6.65. The van der Waals surface area contributed by atoms with E-state index in [1.807, 2.05) is 36.4 Å². The van der Waals surface area contributed by atoms with Crippen LogP contribution >= 0.6 is 59.1 Å². The molecule has 0 radical (unpaired) electrons. The van der Waals surface area contributed by atoms with E-state index in [9.17, 15) is 4.79 Å². The number of fused-ring (bicyclic) bond motifs is 1. The number of hydrogen-bond acceptors (Lipinski definition) is 6. The first-order valence-electron chi connectivity index (χ1n) is 7.93. The van der Waals surface area contributed by atoms with E-state index in [2.05, 4.69) is 63.3 Å². The van der Waals surface area contributed by atoms with Gasteiger partial charge in [0.2, 0.25) is 5.13 Å². The van der Waals surface area contributed by atoms with Crippen molar-refractivity contribution in [2.75, 3.05) is 5.43 Å². The molecule has 0 fully saturated rings. The predicted molar refractivity (Wildman–Crippen MR) is 124 cm³/mol. The molecule has 0 amide bonds. The van der Waals surface area contributed by atoms with Crippen molar-refractivity contribution in [3.63, 3.8) is 0 Å². The molecule has 0 atom stereocenters. The number of nitrogens with one attached hydrogen (secondary N) is 1. The number of aromatic nitrogens is 1. The Bertz CT molecular complexity index is 1250. The van der Waals surface area contributed by atoms with Crippen LogP contribution in [0.3, 0.4) is 0 Å². The maximum atomic E-state index is 12.4. The summed E-state index contributed by atoms with van der Waals surface area (Å²) < 4.78 is 8.08. The maximum absolute atomic E-state index is 12.4. The molecule has 2 heterocycles. The monoisotopic (exact) mass is 581 g/mol. The third-order valence-corrected chi connectivity index (χ3v) is 6.10. The van der Waals surface area contributed by atoms with Gasteiger partial charge in [0, 0.05) is 19.7 Å². The Labute approximate surface area is 188 Å². The lowest BCUT2D eigenvalue weighted by Crippen LogP contribution is -2.03. The second kappa shape index (κ2) is 8.28. The molecule has 0 unspecified atom stereocenters. The van der Waals surface area contributed by atoms with Gasteiger partial charge in [0.25, 0.3) is 0 Å². The van der Waals surface area contributed by atoms with Crippen LogP contribution in [0.15, 0.2) is 75.6 Å². The fourth-order valence-corrected chi connectivity index (χ4v) is 4.76. The zero-order valence-electron chi connectivity index (χ0n) is 13.9. The van der Waals surface area contributed by atoms with E-state index in [4.69, 9.17) is 4.42 Å². The van der Waals surface area contributed by atoms with Gasteiger partial charge in [-0.15, -0.1) is 11.3 Å². The Morgan fingerprint density at radius 3 is 2.64 bits per heavy atom. The summed E-state index contributed by atoms with van der Waals surface area (Å²) in [6, 6.07) is 13.3. The highest BCUT2D eigenvalue weighted by atomic mass is 79.9. The van der Waals surface area contributed by atoms with Crippen molar-refractivity contribution in [2.24, 2.45) is 5.10 Å². The Balaban J connectivity index is 1.59. The molecule has 0 spiro atoms. The fourth-order valence-electron chi connectivity index (χ4n) is 2.50. The van der Waals surface area contributed by atoms with Crippen molar-refractivity contribution in [3.8, 4) is 11.3 Å². The van der Waals surface area contributed by atoms with Crippen molar-refractivity contribution in [1.82, 2.24) is 4.98 Å². The minimum Gasteiger partial charge on any atom is -0.421 e. The molecule has 2 aromatic heterocycles. The van der Waals surface area contributed by atoms with Gasteiger partial charge in [0.1, 0.15) is 0 Å². The van der Waals surface area contributed by atoms with Gasteiger partial charge in [0.05, 0.1) is 21.9 Å². The molecule has 5 nitrogen and oxygen atoms in total. The van der Waals surface area contributed by atoms with Crippen LogP contribution in [0.4, 0.5) is 5.13 Å². The average molecular weight is 584 g/mol.